The molecule has 1 aliphatic rings. The number of hydrogen-bond acceptors (Lipinski definition) is 3. The molecule has 0 saturated heterocycles. The van der Waals surface area contributed by atoms with Crippen LogP contribution in [-0.2, 0) is 0 Å². The highest BCUT2D eigenvalue weighted by atomic mass is 16.3. The Kier molecular flexibility index (Phi) is 3.05. The quantitative estimate of drug-likeness (QED) is 0.485. The van der Waals surface area contributed by atoms with Crippen LogP contribution in [-0.4, -0.2) is 29.0 Å². The Labute approximate surface area is 66.5 Å². The monoisotopic (exact) mass is 157 g/mol. The van der Waals surface area contributed by atoms with Crippen LogP contribution in [0.25, 0.3) is 0 Å². The maximum Gasteiger partial charge on any atom is 0.0839 e. The van der Waals surface area contributed by atoms with Gasteiger partial charge in [-0.3, -0.25) is 0 Å². The molecule has 11 heavy (non-hydrogen) atoms. The second-order valence-electron chi connectivity index (χ2n) is 2.98. The van der Waals surface area contributed by atoms with E-state index in [4.69, 9.17) is 10.8 Å². The van der Waals surface area contributed by atoms with Gasteiger partial charge >= 0.3 is 0 Å². The molecular formula is C8H15NO2. The minimum atomic E-state index is -0.582. The molecule has 1 aliphatic carbocycles. The molecular weight excluding hydrogens is 142 g/mol. The van der Waals surface area contributed by atoms with Gasteiger partial charge in [-0.2, -0.15) is 0 Å². The van der Waals surface area contributed by atoms with Gasteiger partial charge in [0.2, 0.25) is 0 Å². The summed E-state index contributed by atoms with van der Waals surface area (Å²) in [6, 6.07) is 0. The van der Waals surface area contributed by atoms with Gasteiger partial charge in [0, 0.05) is 0 Å². The average molecular weight is 157 g/mol. The first-order valence-electron chi connectivity index (χ1n) is 3.98. The van der Waals surface area contributed by atoms with Crippen molar-refractivity contribution in [1.29, 1.82) is 0 Å². The maximum atomic E-state index is 9.24. The zero-order valence-corrected chi connectivity index (χ0v) is 6.53. The van der Waals surface area contributed by atoms with E-state index in [9.17, 15) is 5.11 Å². The maximum absolute atomic E-state index is 9.24. The molecule has 0 aromatic carbocycles. The lowest BCUT2D eigenvalue weighted by Crippen LogP contribution is -2.29. The summed E-state index contributed by atoms with van der Waals surface area (Å²) in [4.78, 5) is 0. The molecule has 0 unspecified atom stereocenters. The van der Waals surface area contributed by atoms with Crippen molar-refractivity contribution in [3.8, 4) is 0 Å². The molecule has 0 spiro atoms. The largest absolute Gasteiger partial charge is 0.390 e. The Morgan fingerprint density at radius 2 is 2.18 bits per heavy atom. The number of aliphatic hydroxyl groups excluding tert-OH is 2. The van der Waals surface area contributed by atoms with Crippen LogP contribution in [0.2, 0.25) is 0 Å². The van der Waals surface area contributed by atoms with Crippen molar-refractivity contribution in [3.05, 3.63) is 11.6 Å². The minimum Gasteiger partial charge on any atom is -0.390 e. The number of aliphatic hydroxyl groups is 2. The van der Waals surface area contributed by atoms with Crippen molar-refractivity contribution >= 4 is 0 Å². The summed E-state index contributed by atoms with van der Waals surface area (Å²) in [5.41, 5.74) is 6.53. The minimum absolute atomic E-state index is 0.566. The Morgan fingerprint density at radius 1 is 1.45 bits per heavy atom. The van der Waals surface area contributed by atoms with Crippen molar-refractivity contribution in [3.63, 3.8) is 0 Å². The zero-order chi connectivity index (χ0) is 8.27. The van der Waals surface area contributed by atoms with Crippen LogP contribution in [0.5, 0.6) is 0 Å². The fourth-order valence-corrected chi connectivity index (χ4v) is 1.32. The molecule has 3 nitrogen and oxygen atoms in total. The second kappa shape index (κ2) is 3.85. The van der Waals surface area contributed by atoms with E-state index in [2.05, 4.69) is 0 Å². The van der Waals surface area contributed by atoms with Crippen molar-refractivity contribution in [2.75, 3.05) is 6.54 Å². The Balaban J connectivity index is 2.45. The number of nitrogens with two attached hydrogens (primary N) is 1. The van der Waals surface area contributed by atoms with E-state index < -0.39 is 12.2 Å². The van der Waals surface area contributed by atoms with E-state index in [1.807, 2.05) is 6.08 Å². The highest BCUT2D eigenvalue weighted by molar-refractivity contribution is 5.09. The number of hydrogen-bond donors (Lipinski definition) is 3. The molecule has 0 aromatic heterocycles. The average Bonchev–Trinajstić information content (AvgIpc) is 1.98. The van der Waals surface area contributed by atoms with Gasteiger partial charge in [-0.1, -0.05) is 11.6 Å². The lowest BCUT2D eigenvalue weighted by molar-refractivity contribution is 0.0163. The van der Waals surface area contributed by atoms with Crippen LogP contribution >= 0.6 is 0 Å². The summed E-state index contributed by atoms with van der Waals surface area (Å²) in [7, 11) is 0. The normalized spacial score (nSPS) is 31.7. The van der Waals surface area contributed by atoms with Gasteiger partial charge in [0.05, 0.1) is 12.2 Å². The molecule has 1 rings (SSSR count). The van der Waals surface area contributed by atoms with E-state index in [0.717, 1.165) is 6.42 Å². The van der Waals surface area contributed by atoms with Crippen molar-refractivity contribution in [1.82, 2.24) is 0 Å². The summed E-state index contributed by atoms with van der Waals surface area (Å²) in [6.07, 6.45) is 2.81. The Bertz CT molecular complexity index is 156. The van der Waals surface area contributed by atoms with E-state index in [-0.39, 0.29) is 0 Å². The summed E-state index contributed by atoms with van der Waals surface area (Å²) in [6.45, 7) is 0.620. The van der Waals surface area contributed by atoms with Gasteiger partial charge in [0.15, 0.2) is 0 Å². The predicted molar refractivity (Wildman–Crippen MR) is 43.0 cm³/mol. The highest BCUT2D eigenvalue weighted by Gasteiger charge is 2.20. The molecule has 3 heteroatoms. The summed E-state index contributed by atoms with van der Waals surface area (Å²) < 4.78 is 0. The van der Waals surface area contributed by atoms with Crippen molar-refractivity contribution in [2.45, 2.75) is 31.5 Å². The van der Waals surface area contributed by atoms with Gasteiger partial charge < -0.3 is 15.9 Å². The van der Waals surface area contributed by atoms with Gasteiger partial charge in [0.1, 0.15) is 0 Å². The summed E-state index contributed by atoms with van der Waals surface area (Å²) in [5.74, 6) is 0. The number of rotatable bonds is 2. The molecule has 64 valence electrons. The summed E-state index contributed by atoms with van der Waals surface area (Å²) in [5, 5.41) is 18.4. The fourth-order valence-electron chi connectivity index (χ4n) is 1.32. The highest BCUT2D eigenvalue weighted by Crippen LogP contribution is 2.20. The topological polar surface area (TPSA) is 66.5 Å². The van der Waals surface area contributed by atoms with Crippen LogP contribution in [0.4, 0.5) is 0 Å². The van der Waals surface area contributed by atoms with Crippen LogP contribution in [0.1, 0.15) is 19.3 Å². The SMILES string of the molecule is NCCC1=CC[C@@H](O)[C@@H](O)C1. The van der Waals surface area contributed by atoms with Crippen LogP contribution in [0.3, 0.4) is 0 Å². The van der Waals surface area contributed by atoms with E-state index >= 15 is 0 Å². The van der Waals surface area contributed by atoms with E-state index in [1.54, 1.807) is 0 Å². The van der Waals surface area contributed by atoms with Gasteiger partial charge in [-0.15, -0.1) is 0 Å². The second-order valence-corrected chi connectivity index (χ2v) is 2.98. The third-order valence-corrected chi connectivity index (χ3v) is 2.03. The molecule has 0 aromatic rings. The van der Waals surface area contributed by atoms with E-state index in [1.165, 1.54) is 5.57 Å². The van der Waals surface area contributed by atoms with Crippen molar-refractivity contribution < 1.29 is 10.2 Å². The first-order chi connectivity index (χ1) is 5.24. The van der Waals surface area contributed by atoms with Gasteiger partial charge in [0.25, 0.3) is 0 Å². The fraction of sp³-hybridized carbons (Fsp3) is 0.750. The first kappa shape index (κ1) is 8.71. The van der Waals surface area contributed by atoms with Gasteiger partial charge in [-0.25, -0.2) is 0 Å². The molecule has 0 heterocycles. The predicted octanol–water partition coefficient (Wildman–Crippen LogP) is -0.223. The Hall–Kier alpha value is -0.380. The Morgan fingerprint density at radius 3 is 2.73 bits per heavy atom. The molecule has 4 N–H and O–H groups in total. The van der Waals surface area contributed by atoms with Crippen molar-refractivity contribution in [2.24, 2.45) is 5.73 Å². The smallest absolute Gasteiger partial charge is 0.0839 e. The van der Waals surface area contributed by atoms with Crippen LogP contribution in [0, 0.1) is 0 Å². The standard InChI is InChI=1S/C8H15NO2/c9-4-3-6-1-2-7(10)8(11)5-6/h1,7-8,10-11H,2-5,9H2/t7-,8+/m1/s1. The molecule has 0 fully saturated rings. The molecule has 2 atom stereocenters. The van der Waals surface area contributed by atoms with Crippen LogP contribution < -0.4 is 5.73 Å². The molecule has 0 radical (unpaired) electrons. The summed E-state index contributed by atoms with van der Waals surface area (Å²) >= 11 is 0. The third-order valence-electron chi connectivity index (χ3n) is 2.03. The molecule has 0 amide bonds. The molecule has 0 bridgehead atoms. The van der Waals surface area contributed by atoms with Gasteiger partial charge in [-0.05, 0) is 25.8 Å². The third kappa shape index (κ3) is 2.29. The lowest BCUT2D eigenvalue weighted by atomic mass is 9.93. The van der Waals surface area contributed by atoms with E-state index in [0.29, 0.717) is 19.4 Å². The molecule has 0 saturated carbocycles. The molecule has 0 aliphatic heterocycles. The van der Waals surface area contributed by atoms with Crippen LogP contribution in [0.15, 0.2) is 11.6 Å². The first-order valence-corrected chi connectivity index (χ1v) is 3.98. The lowest BCUT2D eigenvalue weighted by Gasteiger charge is -2.23. The zero-order valence-electron chi connectivity index (χ0n) is 6.53.